The van der Waals surface area contributed by atoms with Crippen LogP contribution < -0.4 is 5.32 Å². The fraction of sp³-hybridized carbons (Fsp3) is 0.750. The minimum atomic E-state index is 0.0393. The number of carbonyl (C=O) groups excluding carboxylic acids is 1. The van der Waals surface area contributed by atoms with E-state index in [4.69, 9.17) is 0 Å². The lowest BCUT2D eigenvalue weighted by Crippen LogP contribution is -2.40. The number of fused-ring (bicyclic) bond motifs is 2. The van der Waals surface area contributed by atoms with E-state index in [-0.39, 0.29) is 11.9 Å². The maximum absolute atomic E-state index is 12.4. The zero-order valence-corrected chi connectivity index (χ0v) is 12.7. The van der Waals surface area contributed by atoms with E-state index in [1.165, 1.54) is 25.7 Å². The van der Waals surface area contributed by atoms with Gasteiger partial charge in [-0.15, -0.1) is 0 Å². The highest BCUT2D eigenvalue weighted by Crippen LogP contribution is 2.49. The Bertz CT molecular complexity index is 508. The standard InChI is InChI=1S/C16H25N3O/c1-4-19-9-15(11(3)18-19)16(20)17-10(2)14-8-12-5-6-13(14)7-12/h9-10,12-14H,4-8H2,1-3H3,(H,17,20). The van der Waals surface area contributed by atoms with Crippen LogP contribution in [-0.2, 0) is 6.54 Å². The fourth-order valence-electron chi connectivity index (χ4n) is 4.20. The highest BCUT2D eigenvalue weighted by molar-refractivity contribution is 5.95. The van der Waals surface area contributed by atoms with Crippen molar-refractivity contribution < 1.29 is 4.79 Å². The SMILES string of the molecule is CCn1cc(C(=O)NC(C)C2CC3CCC2C3)c(C)n1. The Labute approximate surface area is 120 Å². The maximum atomic E-state index is 12.4. The molecule has 110 valence electrons. The van der Waals surface area contributed by atoms with Gasteiger partial charge in [-0.3, -0.25) is 9.48 Å². The second kappa shape index (κ2) is 5.23. The minimum absolute atomic E-state index is 0.0393. The van der Waals surface area contributed by atoms with E-state index in [0.717, 1.165) is 29.6 Å². The van der Waals surface area contributed by atoms with E-state index < -0.39 is 0 Å². The Morgan fingerprint density at radius 2 is 2.30 bits per heavy atom. The monoisotopic (exact) mass is 275 g/mol. The first-order chi connectivity index (χ1) is 9.58. The lowest BCUT2D eigenvalue weighted by atomic mass is 9.84. The van der Waals surface area contributed by atoms with Crippen molar-refractivity contribution in [1.82, 2.24) is 15.1 Å². The zero-order chi connectivity index (χ0) is 14.3. The van der Waals surface area contributed by atoms with Crippen molar-refractivity contribution in [2.24, 2.45) is 17.8 Å². The minimum Gasteiger partial charge on any atom is -0.349 e. The molecule has 2 bridgehead atoms. The summed E-state index contributed by atoms with van der Waals surface area (Å²) in [6, 6.07) is 0.280. The lowest BCUT2D eigenvalue weighted by Gasteiger charge is -2.28. The highest BCUT2D eigenvalue weighted by Gasteiger charge is 2.42. The van der Waals surface area contributed by atoms with Crippen LogP contribution in [0.4, 0.5) is 0 Å². The number of nitrogens with one attached hydrogen (secondary N) is 1. The van der Waals surface area contributed by atoms with Crippen LogP contribution in [0.5, 0.6) is 0 Å². The van der Waals surface area contributed by atoms with Gasteiger partial charge in [0, 0.05) is 18.8 Å². The molecular formula is C16H25N3O. The summed E-state index contributed by atoms with van der Waals surface area (Å²) in [5.41, 5.74) is 1.55. The molecular weight excluding hydrogens is 250 g/mol. The van der Waals surface area contributed by atoms with E-state index in [1.54, 1.807) is 0 Å². The molecule has 0 aliphatic heterocycles. The van der Waals surface area contributed by atoms with E-state index in [9.17, 15) is 4.79 Å². The van der Waals surface area contributed by atoms with E-state index >= 15 is 0 Å². The molecule has 1 N–H and O–H groups in total. The van der Waals surface area contributed by atoms with Crippen LogP contribution in [0, 0.1) is 24.7 Å². The van der Waals surface area contributed by atoms with Crippen molar-refractivity contribution in [3.8, 4) is 0 Å². The maximum Gasteiger partial charge on any atom is 0.254 e. The molecule has 0 spiro atoms. The van der Waals surface area contributed by atoms with Gasteiger partial charge >= 0.3 is 0 Å². The summed E-state index contributed by atoms with van der Waals surface area (Å²) in [5.74, 6) is 2.49. The Balaban J connectivity index is 1.64. The first-order valence-electron chi connectivity index (χ1n) is 7.93. The van der Waals surface area contributed by atoms with Crippen LogP contribution in [0.25, 0.3) is 0 Å². The van der Waals surface area contributed by atoms with Crippen molar-refractivity contribution >= 4 is 5.91 Å². The largest absolute Gasteiger partial charge is 0.349 e. The lowest BCUT2D eigenvalue weighted by molar-refractivity contribution is 0.0914. The molecule has 2 fully saturated rings. The molecule has 2 aliphatic rings. The van der Waals surface area contributed by atoms with Gasteiger partial charge in [-0.1, -0.05) is 6.42 Å². The molecule has 2 aliphatic carbocycles. The van der Waals surface area contributed by atoms with Gasteiger partial charge < -0.3 is 5.32 Å². The second-order valence-electron chi connectivity index (χ2n) is 6.58. The summed E-state index contributed by atoms with van der Waals surface area (Å²) in [5, 5.41) is 7.56. The van der Waals surface area contributed by atoms with Gasteiger partial charge in [0.25, 0.3) is 5.91 Å². The van der Waals surface area contributed by atoms with Gasteiger partial charge in [0.2, 0.25) is 0 Å². The van der Waals surface area contributed by atoms with Gasteiger partial charge in [0.15, 0.2) is 0 Å². The van der Waals surface area contributed by atoms with Crippen molar-refractivity contribution in [1.29, 1.82) is 0 Å². The van der Waals surface area contributed by atoms with Crippen LogP contribution in [0.2, 0.25) is 0 Å². The smallest absolute Gasteiger partial charge is 0.254 e. The van der Waals surface area contributed by atoms with E-state index in [2.05, 4.69) is 17.3 Å². The quantitative estimate of drug-likeness (QED) is 0.918. The predicted octanol–water partition coefficient (Wildman–Crippen LogP) is 2.77. The van der Waals surface area contributed by atoms with Crippen LogP contribution >= 0.6 is 0 Å². The van der Waals surface area contributed by atoms with Gasteiger partial charge in [0.05, 0.1) is 11.3 Å². The van der Waals surface area contributed by atoms with Gasteiger partial charge in [-0.05, 0) is 57.8 Å². The Morgan fingerprint density at radius 3 is 2.85 bits per heavy atom. The first kappa shape index (κ1) is 13.7. The summed E-state index contributed by atoms with van der Waals surface area (Å²) in [6.07, 6.45) is 7.32. The second-order valence-corrected chi connectivity index (χ2v) is 6.58. The molecule has 0 radical (unpaired) electrons. The van der Waals surface area contributed by atoms with Crippen molar-refractivity contribution in [2.45, 2.75) is 59.0 Å². The molecule has 1 aromatic rings. The van der Waals surface area contributed by atoms with Crippen LogP contribution in [0.3, 0.4) is 0 Å². The summed E-state index contributed by atoms with van der Waals surface area (Å²) in [7, 11) is 0. The van der Waals surface area contributed by atoms with Gasteiger partial charge in [-0.25, -0.2) is 0 Å². The molecule has 0 aromatic carbocycles. The number of rotatable bonds is 4. The van der Waals surface area contributed by atoms with Gasteiger partial charge in [-0.2, -0.15) is 5.10 Å². The molecule has 2 saturated carbocycles. The molecule has 4 atom stereocenters. The highest BCUT2D eigenvalue weighted by atomic mass is 16.1. The molecule has 0 saturated heterocycles. The third kappa shape index (κ3) is 2.36. The first-order valence-corrected chi connectivity index (χ1v) is 7.93. The average Bonchev–Trinajstić information content (AvgIpc) is 3.12. The van der Waals surface area contributed by atoms with Crippen LogP contribution in [0.1, 0.15) is 55.6 Å². The number of amides is 1. The zero-order valence-electron chi connectivity index (χ0n) is 12.7. The Kier molecular flexibility index (Phi) is 3.57. The molecule has 4 unspecified atom stereocenters. The number of aromatic nitrogens is 2. The number of aryl methyl sites for hydroxylation is 2. The van der Waals surface area contributed by atoms with Crippen molar-refractivity contribution in [3.63, 3.8) is 0 Å². The van der Waals surface area contributed by atoms with Gasteiger partial charge in [0.1, 0.15) is 0 Å². The number of nitrogens with zero attached hydrogens (tertiary/aromatic N) is 2. The molecule has 1 heterocycles. The number of carbonyl (C=O) groups is 1. The summed E-state index contributed by atoms with van der Waals surface area (Å²) in [4.78, 5) is 12.4. The molecule has 4 heteroatoms. The molecule has 1 aromatic heterocycles. The average molecular weight is 275 g/mol. The fourth-order valence-corrected chi connectivity index (χ4v) is 4.20. The van der Waals surface area contributed by atoms with Crippen LogP contribution in [-0.4, -0.2) is 21.7 Å². The third-order valence-corrected chi connectivity index (χ3v) is 5.31. The topological polar surface area (TPSA) is 46.9 Å². The van der Waals surface area contributed by atoms with E-state index in [1.807, 2.05) is 24.7 Å². The third-order valence-electron chi connectivity index (χ3n) is 5.31. The molecule has 4 nitrogen and oxygen atoms in total. The summed E-state index contributed by atoms with van der Waals surface area (Å²) in [6.45, 7) is 6.91. The molecule has 20 heavy (non-hydrogen) atoms. The number of hydrogen-bond acceptors (Lipinski definition) is 2. The van der Waals surface area contributed by atoms with E-state index in [0.29, 0.717) is 5.92 Å². The summed E-state index contributed by atoms with van der Waals surface area (Å²) >= 11 is 0. The normalized spacial score (nSPS) is 29.6. The predicted molar refractivity (Wildman–Crippen MR) is 78.5 cm³/mol. The Hall–Kier alpha value is -1.32. The summed E-state index contributed by atoms with van der Waals surface area (Å²) < 4.78 is 1.83. The molecule has 3 rings (SSSR count). The van der Waals surface area contributed by atoms with Crippen molar-refractivity contribution in [3.05, 3.63) is 17.5 Å². The Morgan fingerprint density at radius 1 is 1.50 bits per heavy atom. The van der Waals surface area contributed by atoms with Crippen molar-refractivity contribution in [2.75, 3.05) is 0 Å². The number of hydrogen-bond donors (Lipinski definition) is 1. The van der Waals surface area contributed by atoms with Crippen LogP contribution in [0.15, 0.2) is 6.20 Å². The molecule has 1 amide bonds.